The second-order valence-electron chi connectivity index (χ2n) is 6.51. The van der Waals surface area contributed by atoms with Gasteiger partial charge in [0.25, 0.3) is 0 Å². The number of alkyl halides is 6. The van der Waals surface area contributed by atoms with E-state index in [4.69, 9.17) is 102 Å². The maximum atomic E-state index is 12.0. The summed E-state index contributed by atoms with van der Waals surface area (Å²) >= 11 is 41.1. The molecule has 0 aliphatic carbocycles. The van der Waals surface area contributed by atoms with Gasteiger partial charge in [-0.25, -0.2) is 8.42 Å². The van der Waals surface area contributed by atoms with Gasteiger partial charge in [-0.2, -0.15) is 0 Å². The van der Waals surface area contributed by atoms with Crippen LogP contribution in [-0.2, 0) is 10.1 Å². The molecule has 204 valence electrons. The molecule has 0 amide bonds. The molecule has 0 spiro atoms. The summed E-state index contributed by atoms with van der Waals surface area (Å²) in [7, 11) is -3.75. The zero-order chi connectivity index (χ0) is 28.3. The van der Waals surface area contributed by atoms with Crippen molar-refractivity contribution in [2.75, 3.05) is 14.2 Å². The minimum absolute atomic E-state index is 0.275. The minimum Gasteiger partial charge on any atom is -0.744 e. The molecule has 0 heterocycles. The largest absolute Gasteiger partial charge is 0.744 e. The molecular weight excluding hydrogens is 691 g/mol. The van der Waals surface area contributed by atoms with Crippen LogP contribution in [0.25, 0.3) is 0 Å². The highest BCUT2D eigenvalue weighted by atomic mass is 35.6. The van der Waals surface area contributed by atoms with E-state index in [1.807, 2.05) is 0 Å². The van der Waals surface area contributed by atoms with Crippen LogP contribution in [0.4, 0.5) is 0 Å². The Morgan fingerprint density at radius 2 is 1.08 bits per heavy atom. The number of rotatable bonds is 6. The van der Waals surface area contributed by atoms with E-state index >= 15 is 0 Å². The van der Waals surface area contributed by atoms with Gasteiger partial charge in [0.1, 0.15) is 34.0 Å². The van der Waals surface area contributed by atoms with Gasteiger partial charge >= 0.3 is 0 Å². The van der Waals surface area contributed by atoms with Crippen molar-refractivity contribution in [3.05, 3.63) is 70.7 Å². The van der Waals surface area contributed by atoms with E-state index in [0.717, 1.165) is 10.6 Å². The summed E-state index contributed by atoms with van der Waals surface area (Å²) in [6.45, 7) is 0. The molecule has 0 aliphatic heterocycles. The third-order valence-electron chi connectivity index (χ3n) is 4.29. The first kappa shape index (κ1) is 34.9. The van der Waals surface area contributed by atoms with Gasteiger partial charge in [-0.05, 0) is 36.4 Å². The molecule has 0 bridgehead atoms. The van der Waals surface area contributed by atoms with Crippen molar-refractivity contribution in [1.82, 2.24) is 0 Å². The van der Waals surface area contributed by atoms with Crippen molar-refractivity contribution in [2.24, 2.45) is 0 Å². The van der Waals surface area contributed by atoms with Crippen molar-refractivity contribution in [3.63, 3.8) is 0 Å². The summed E-state index contributed by atoms with van der Waals surface area (Å²) in [5.74, 6) is 0.975. The van der Waals surface area contributed by atoms with E-state index in [9.17, 15) is 13.0 Å². The van der Waals surface area contributed by atoms with Gasteiger partial charge in [-0.1, -0.05) is 105 Å². The fourth-order valence-electron chi connectivity index (χ4n) is 3.07. The fraction of sp³-hybridized carbons (Fsp3) is 0.182. The number of halogens is 8. The maximum Gasteiger partial charge on any atom is 0.180 e. The molecule has 3 aromatic carbocycles. The molecule has 15 heteroatoms. The molecular formula is C22H19Cl8O5PS. The Kier molecular flexibility index (Phi) is 16.0. The number of hydrogen-bond donors (Lipinski definition) is 0. The van der Waals surface area contributed by atoms with Crippen molar-refractivity contribution >= 4 is 127 Å². The minimum atomic E-state index is -4.71. The van der Waals surface area contributed by atoms with Crippen LogP contribution in [0.1, 0.15) is 0 Å². The quantitative estimate of drug-likeness (QED) is 0.152. The number of methoxy groups -OCH3 is 2. The van der Waals surface area contributed by atoms with Crippen LogP contribution in [-0.4, -0.2) is 35.8 Å². The molecule has 0 fully saturated rings. The van der Waals surface area contributed by atoms with Crippen molar-refractivity contribution in [3.8, 4) is 11.5 Å². The topological polar surface area (TPSA) is 75.7 Å². The van der Waals surface area contributed by atoms with E-state index in [2.05, 4.69) is 0 Å². The first-order chi connectivity index (χ1) is 17.2. The molecule has 37 heavy (non-hydrogen) atoms. The Bertz CT molecular complexity index is 1200. The molecule has 0 aromatic heterocycles. The van der Waals surface area contributed by atoms with Gasteiger partial charge in [-0.3, -0.25) is 0 Å². The van der Waals surface area contributed by atoms with Crippen LogP contribution in [0.15, 0.2) is 65.6 Å². The van der Waals surface area contributed by atoms with E-state index in [1.165, 1.54) is 26.4 Å². The lowest BCUT2D eigenvalue weighted by molar-refractivity contribution is 0.417. The number of ether oxygens (including phenoxy) is 2. The van der Waals surface area contributed by atoms with Gasteiger partial charge in [-0.15, -0.1) is 0 Å². The predicted molar refractivity (Wildman–Crippen MR) is 160 cm³/mol. The molecule has 0 unspecified atom stereocenters. The normalized spacial score (nSPS) is 11.0. The zero-order valence-electron chi connectivity index (χ0n) is 18.9. The first-order valence-corrected chi connectivity index (χ1v) is 16.0. The van der Waals surface area contributed by atoms with Crippen LogP contribution in [0.2, 0.25) is 10.0 Å². The summed E-state index contributed by atoms with van der Waals surface area (Å²) in [5.41, 5.74) is 0. The molecule has 0 saturated heterocycles. The van der Waals surface area contributed by atoms with E-state index in [0.29, 0.717) is 26.8 Å². The zero-order valence-corrected chi connectivity index (χ0v) is 26.8. The highest BCUT2D eigenvalue weighted by Gasteiger charge is 2.35. The van der Waals surface area contributed by atoms with Crippen molar-refractivity contribution < 1.29 is 22.4 Å². The molecule has 0 aliphatic rings. The second-order valence-corrected chi connectivity index (χ2v) is 15.1. The van der Waals surface area contributed by atoms with Gasteiger partial charge in [0.2, 0.25) is 0 Å². The second kappa shape index (κ2) is 16.9. The Hall–Kier alpha value is -0.0800. The lowest BCUT2D eigenvalue weighted by Gasteiger charge is -2.19. The van der Waals surface area contributed by atoms with Crippen LogP contribution >= 0.6 is 101 Å². The summed E-state index contributed by atoms with van der Waals surface area (Å²) in [6, 6.07) is 16.4. The average Bonchev–Trinajstić information content (AvgIpc) is 2.79. The van der Waals surface area contributed by atoms with Crippen LogP contribution in [0, 0.1) is 0 Å². The molecule has 3 aromatic rings. The molecule has 5 nitrogen and oxygen atoms in total. The van der Waals surface area contributed by atoms with Gasteiger partial charge in [0.15, 0.2) is 20.1 Å². The van der Waals surface area contributed by atoms with Crippen LogP contribution in [0.5, 0.6) is 11.5 Å². The average molecular weight is 710 g/mol. The third kappa shape index (κ3) is 11.9. The number of hydrogen-bond acceptors (Lipinski definition) is 5. The maximum absolute atomic E-state index is 12.0. The van der Waals surface area contributed by atoms with Gasteiger partial charge < -0.3 is 14.0 Å². The van der Waals surface area contributed by atoms with E-state index in [-0.39, 0.29) is 4.90 Å². The first-order valence-electron chi connectivity index (χ1n) is 9.67. The van der Waals surface area contributed by atoms with Crippen molar-refractivity contribution in [1.29, 1.82) is 0 Å². The Morgan fingerprint density at radius 3 is 1.43 bits per heavy atom. The van der Waals surface area contributed by atoms with E-state index in [1.54, 1.807) is 48.5 Å². The molecule has 0 saturated carbocycles. The highest BCUT2D eigenvalue weighted by Crippen LogP contribution is 2.42. The standard InChI is InChI=1S/C20H17Cl2O5PS.2CHCl3/c1-26-15-11-13(21)7-9-17(15)28(18-10-8-14(22)12-16(18)27-2)19-5-3-4-6-20(19)29(23,24)25;2*2-1(3)4/h3-12H,1-2H3,(H,23,24,25);2*1H. The summed E-state index contributed by atoms with van der Waals surface area (Å²) in [5, 5.41) is 2.78. The predicted octanol–water partition coefficient (Wildman–Crippen LogP) is 7.38. The highest BCUT2D eigenvalue weighted by molar-refractivity contribution is 7.88. The third-order valence-corrected chi connectivity index (χ3v) is 8.72. The smallest absolute Gasteiger partial charge is 0.180 e. The summed E-state index contributed by atoms with van der Waals surface area (Å²) in [4.78, 5) is -0.275. The van der Waals surface area contributed by atoms with Crippen molar-refractivity contribution in [2.45, 2.75) is 13.5 Å². The molecule has 0 N–H and O–H groups in total. The number of benzene rings is 3. The Morgan fingerprint density at radius 1 is 0.703 bits per heavy atom. The Labute approximate surface area is 257 Å². The van der Waals surface area contributed by atoms with Gasteiger partial charge in [0.05, 0.1) is 19.1 Å². The summed E-state index contributed by atoms with van der Waals surface area (Å²) < 4.78 is 45.5. The summed E-state index contributed by atoms with van der Waals surface area (Å²) in [6.07, 6.45) is 0. The van der Waals surface area contributed by atoms with Crippen LogP contribution < -0.4 is 25.4 Å². The van der Waals surface area contributed by atoms with E-state index < -0.39 is 26.6 Å². The van der Waals surface area contributed by atoms with Gasteiger partial charge in [0, 0.05) is 22.2 Å². The Balaban J connectivity index is 0.000000751. The molecule has 0 atom stereocenters. The van der Waals surface area contributed by atoms with Crippen LogP contribution in [0.3, 0.4) is 0 Å². The fourth-order valence-corrected chi connectivity index (χ4v) is 7.46. The lowest BCUT2D eigenvalue weighted by atomic mass is 10.3. The molecule has 3 rings (SSSR count). The monoisotopic (exact) mass is 706 g/mol. The molecule has 0 radical (unpaired) electrons. The lowest BCUT2D eigenvalue weighted by Crippen LogP contribution is -2.26. The SMILES string of the molecule is COc1cc(Cl)ccc1[PH+](c1ccc(Cl)cc1OC)c1ccccc1S(=O)(=O)[O-].ClC(Cl)Cl.ClC(Cl)Cl.